The van der Waals surface area contributed by atoms with Gasteiger partial charge in [0.15, 0.2) is 11.5 Å². The second kappa shape index (κ2) is 8.73. The van der Waals surface area contributed by atoms with Crippen LogP contribution in [0.3, 0.4) is 0 Å². The molecule has 148 valence electrons. The predicted octanol–water partition coefficient (Wildman–Crippen LogP) is 3.02. The maximum atomic E-state index is 12.6. The molecule has 3 rings (SSSR count). The van der Waals surface area contributed by atoms with Crippen molar-refractivity contribution in [3.8, 4) is 17.6 Å². The van der Waals surface area contributed by atoms with Crippen LogP contribution in [-0.4, -0.2) is 38.4 Å². The number of rotatable bonds is 6. The molecule has 2 heterocycles. The van der Waals surface area contributed by atoms with Crippen LogP contribution in [0.1, 0.15) is 25.3 Å². The van der Waals surface area contributed by atoms with Crippen LogP contribution >= 0.6 is 11.3 Å². The summed E-state index contributed by atoms with van der Waals surface area (Å²) in [6, 6.07) is 9.93. The highest BCUT2D eigenvalue weighted by Gasteiger charge is 2.33. The molecule has 7 nitrogen and oxygen atoms in total. The molecule has 9 heteroatoms. The van der Waals surface area contributed by atoms with Gasteiger partial charge >= 0.3 is 5.97 Å². The Hall–Kier alpha value is -2.41. The van der Waals surface area contributed by atoms with Crippen molar-refractivity contribution >= 4 is 27.3 Å². The lowest BCUT2D eigenvalue weighted by molar-refractivity contribution is -0.140. The average Bonchev–Trinajstić information content (AvgIpc) is 3.25. The minimum Gasteiger partial charge on any atom is -0.490 e. The molecule has 0 bridgehead atoms. The molecule has 0 spiro atoms. The summed E-state index contributed by atoms with van der Waals surface area (Å²) >= 11 is 1.18. The van der Waals surface area contributed by atoms with Gasteiger partial charge in [-0.3, -0.25) is 4.79 Å². The van der Waals surface area contributed by atoms with E-state index in [9.17, 15) is 13.2 Å². The number of thiophene rings is 1. The highest BCUT2D eigenvalue weighted by atomic mass is 32.2. The number of hydrogen-bond acceptors (Lipinski definition) is 7. The van der Waals surface area contributed by atoms with Gasteiger partial charge in [-0.1, -0.05) is 6.07 Å². The largest absolute Gasteiger partial charge is 0.490 e. The van der Waals surface area contributed by atoms with Crippen molar-refractivity contribution in [3.05, 3.63) is 41.3 Å². The molecule has 0 N–H and O–H groups in total. The van der Waals surface area contributed by atoms with E-state index in [0.29, 0.717) is 35.0 Å². The number of nitrogens with zero attached hydrogens (tertiary/aromatic N) is 2. The molecular formula is C19H20N2O5S2. The van der Waals surface area contributed by atoms with Gasteiger partial charge in [-0.05, 0) is 43.3 Å². The second-order valence-corrected chi connectivity index (χ2v) is 9.35. The normalized spacial score (nSPS) is 15.7. The van der Waals surface area contributed by atoms with E-state index in [0.717, 1.165) is 0 Å². The summed E-state index contributed by atoms with van der Waals surface area (Å²) in [5.41, 5.74) is 0.412. The number of carbonyl (C=O) groups excluding carboxylic acids is 1. The Labute approximate surface area is 168 Å². The standard InChI is InChI=1S/C19H20N2O5S2/c1-2-25-17-12-14(13-20)5-6-16(17)26-19(22)15-7-9-21(10-8-15)28(23,24)18-4-3-11-27-18/h3-6,11-12,15H,2,7-10H2,1H3. The second-order valence-electron chi connectivity index (χ2n) is 6.24. The van der Waals surface area contributed by atoms with Gasteiger partial charge in [0.25, 0.3) is 10.0 Å². The Bertz CT molecular complexity index is 972. The summed E-state index contributed by atoms with van der Waals surface area (Å²) in [6.45, 7) is 2.71. The minimum absolute atomic E-state index is 0.263. The molecule has 1 aliphatic rings. The molecule has 1 aromatic carbocycles. The zero-order chi connectivity index (χ0) is 20.1. The van der Waals surface area contributed by atoms with Crippen molar-refractivity contribution in [1.29, 1.82) is 5.26 Å². The Kier molecular flexibility index (Phi) is 6.34. The van der Waals surface area contributed by atoms with Gasteiger partial charge in [0.2, 0.25) is 0 Å². The number of nitriles is 1. The quantitative estimate of drug-likeness (QED) is 0.526. The molecule has 0 aliphatic carbocycles. The zero-order valence-corrected chi connectivity index (χ0v) is 17.0. The van der Waals surface area contributed by atoms with Crippen molar-refractivity contribution in [2.45, 2.75) is 24.0 Å². The first-order valence-electron chi connectivity index (χ1n) is 8.88. The third-order valence-electron chi connectivity index (χ3n) is 4.46. The molecule has 0 unspecified atom stereocenters. The third kappa shape index (κ3) is 4.35. The molecule has 1 aliphatic heterocycles. The van der Waals surface area contributed by atoms with E-state index in [1.54, 1.807) is 30.5 Å². The number of esters is 1. The molecule has 1 saturated heterocycles. The van der Waals surface area contributed by atoms with Gasteiger partial charge < -0.3 is 9.47 Å². The maximum absolute atomic E-state index is 12.6. The van der Waals surface area contributed by atoms with E-state index in [1.165, 1.54) is 27.8 Å². The number of piperidine rings is 1. The molecule has 0 saturated carbocycles. The van der Waals surface area contributed by atoms with E-state index in [2.05, 4.69) is 0 Å². The molecule has 0 radical (unpaired) electrons. The number of benzene rings is 1. The van der Waals surface area contributed by atoms with Gasteiger partial charge in [-0.15, -0.1) is 11.3 Å². The smallest absolute Gasteiger partial charge is 0.314 e. The fraction of sp³-hybridized carbons (Fsp3) is 0.368. The summed E-state index contributed by atoms with van der Waals surface area (Å²) in [6.07, 6.45) is 0.785. The molecule has 2 aromatic rings. The van der Waals surface area contributed by atoms with Gasteiger partial charge in [-0.2, -0.15) is 9.57 Å². The van der Waals surface area contributed by atoms with Crippen molar-refractivity contribution in [2.75, 3.05) is 19.7 Å². The van der Waals surface area contributed by atoms with Gasteiger partial charge in [-0.25, -0.2) is 8.42 Å². The lowest BCUT2D eigenvalue weighted by Gasteiger charge is -2.29. The average molecular weight is 421 g/mol. The number of hydrogen-bond donors (Lipinski definition) is 0. The van der Waals surface area contributed by atoms with E-state index in [-0.39, 0.29) is 24.8 Å². The summed E-state index contributed by atoms with van der Waals surface area (Å²) in [5.74, 6) is -0.203. The Morgan fingerprint density at radius 2 is 2.04 bits per heavy atom. The number of ether oxygens (including phenoxy) is 2. The van der Waals surface area contributed by atoms with Gasteiger partial charge in [0.1, 0.15) is 4.21 Å². The Morgan fingerprint density at radius 1 is 1.29 bits per heavy atom. The van der Waals surface area contributed by atoms with Crippen molar-refractivity contribution in [2.24, 2.45) is 5.92 Å². The lowest BCUT2D eigenvalue weighted by Crippen LogP contribution is -2.40. The van der Waals surface area contributed by atoms with Crippen molar-refractivity contribution < 1.29 is 22.7 Å². The van der Waals surface area contributed by atoms with E-state index >= 15 is 0 Å². The SMILES string of the molecule is CCOc1cc(C#N)ccc1OC(=O)C1CCN(S(=O)(=O)c2cccs2)CC1. The molecule has 1 aromatic heterocycles. The molecule has 0 atom stereocenters. The van der Waals surface area contributed by atoms with E-state index < -0.39 is 16.0 Å². The first-order chi connectivity index (χ1) is 13.5. The van der Waals surface area contributed by atoms with Gasteiger partial charge in [0, 0.05) is 19.2 Å². The predicted molar refractivity (Wildman–Crippen MR) is 104 cm³/mol. The highest BCUT2D eigenvalue weighted by molar-refractivity contribution is 7.91. The topological polar surface area (TPSA) is 96.7 Å². The van der Waals surface area contributed by atoms with Crippen LogP contribution in [0.2, 0.25) is 0 Å². The van der Waals surface area contributed by atoms with Crippen LogP contribution in [-0.2, 0) is 14.8 Å². The maximum Gasteiger partial charge on any atom is 0.314 e. The summed E-state index contributed by atoms with van der Waals surface area (Å²) in [4.78, 5) is 12.6. The third-order valence-corrected chi connectivity index (χ3v) is 7.73. The van der Waals surface area contributed by atoms with Crippen LogP contribution in [0.4, 0.5) is 0 Å². The van der Waals surface area contributed by atoms with Crippen LogP contribution < -0.4 is 9.47 Å². The molecule has 28 heavy (non-hydrogen) atoms. The first-order valence-corrected chi connectivity index (χ1v) is 11.2. The van der Waals surface area contributed by atoms with Crippen LogP contribution in [0.15, 0.2) is 39.9 Å². The van der Waals surface area contributed by atoms with Crippen molar-refractivity contribution in [1.82, 2.24) is 4.31 Å². The van der Waals surface area contributed by atoms with Crippen LogP contribution in [0.5, 0.6) is 11.5 Å². The highest BCUT2D eigenvalue weighted by Crippen LogP contribution is 2.31. The lowest BCUT2D eigenvalue weighted by atomic mass is 9.98. The molecule has 0 amide bonds. The number of sulfonamides is 1. The molecule has 1 fully saturated rings. The summed E-state index contributed by atoms with van der Waals surface area (Å²) in [5, 5.41) is 10.7. The molecular weight excluding hydrogens is 400 g/mol. The van der Waals surface area contributed by atoms with Crippen LogP contribution in [0.25, 0.3) is 0 Å². The monoisotopic (exact) mass is 420 g/mol. The minimum atomic E-state index is -3.50. The Balaban J connectivity index is 1.64. The van der Waals surface area contributed by atoms with Gasteiger partial charge in [0.05, 0.1) is 24.2 Å². The first kappa shape index (κ1) is 20.3. The van der Waals surface area contributed by atoms with E-state index in [4.69, 9.17) is 14.7 Å². The van der Waals surface area contributed by atoms with Crippen molar-refractivity contribution in [3.63, 3.8) is 0 Å². The zero-order valence-electron chi connectivity index (χ0n) is 15.3. The summed E-state index contributed by atoms with van der Waals surface area (Å²) < 4.78 is 37.8. The van der Waals surface area contributed by atoms with E-state index in [1.807, 2.05) is 6.07 Å². The Morgan fingerprint density at radius 3 is 2.64 bits per heavy atom. The number of carbonyl (C=O) groups is 1. The summed E-state index contributed by atoms with van der Waals surface area (Å²) in [7, 11) is -3.50. The fourth-order valence-corrected chi connectivity index (χ4v) is 5.61. The van der Waals surface area contributed by atoms with Crippen LogP contribution in [0, 0.1) is 17.2 Å². The fourth-order valence-electron chi connectivity index (χ4n) is 2.99.